The molecular formula is C12H17N3O2. The van der Waals surface area contributed by atoms with Crippen LogP contribution in [0.1, 0.15) is 42.5 Å². The van der Waals surface area contributed by atoms with Crippen molar-refractivity contribution in [1.82, 2.24) is 9.97 Å². The Morgan fingerprint density at radius 3 is 2.94 bits per heavy atom. The molecule has 0 amide bonds. The van der Waals surface area contributed by atoms with Gasteiger partial charge in [0.05, 0.1) is 0 Å². The van der Waals surface area contributed by atoms with Crippen molar-refractivity contribution in [2.75, 3.05) is 11.9 Å². The van der Waals surface area contributed by atoms with Crippen LogP contribution >= 0.6 is 0 Å². The van der Waals surface area contributed by atoms with Crippen molar-refractivity contribution < 1.29 is 9.90 Å². The normalized spacial score (nSPS) is 16.0. The summed E-state index contributed by atoms with van der Waals surface area (Å²) in [5.41, 5.74) is 0.138. The predicted molar refractivity (Wildman–Crippen MR) is 64.1 cm³/mol. The molecule has 0 bridgehead atoms. The largest absolute Gasteiger partial charge is 0.477 e. The first-order valence-electron chi connectivity index (χ1n) is 6.04. The minimum absolute atomic E-state index is 0.138. The molecule has 1 heterocycles. The fourth-order valence-electron chi connectivity index (χ4n) is 2.32. The molecule has 1 saturated carbocycles. The molecule has 0 radical (unpaired) electrons. The van der Waals surface area contributed by atoms with Gasteiger partial charge in [-0.2, -0.15) is 0 Å². The quantitative estimate of drug-likeness (QED) is 0.818. The Morgan fingerprint density at radius 1 is 1.47 bits per heavy atom. The fraction of sp³-hybridized carbons (Fsp3) is 0.583. The molecule has 0 atom stereocenters. The van der Waals surface area contributed by atoms with Gasteiger partial charge >= 0.3 is 5.97 Å². The van der Waals surface area contributed by atoms with E-state index in [4.69, 9.17) is 5.11 Å². The third-order valence-corrected chi connectivity index (χ3v) is 3.26. The minimum atomic E-state index is -0.992. The Morgan fingerprint density at radius 2 is 2.24 bits per heavy atom. The molecule has 1 aromatic rings. The minimum Gasteiger partial charge on any atom is -0.477 e. The molecule has 0 aromatic carbocycles. The first kappa shape index (κ1) is 11.8. The van der Waals surface area contributed by atoms with E-state index in [1.54, 1.807) is 0 Å². The molecular weight excluding hydrogens is 218 g/mol. The van der Waals surface area contributed by atoms with Crippen LogP contribution in [0.3, 0.4) is 0 Å². The monoisotopic (exact) mass is 235 g/mol. The van der Waals surface area contributed by atoms with E-state index in [-0.39, 0.29) is 5.56 Å². The predicted octanol–water partition coefficient (Wildman–Crippen LogP) is 2.17. The molecule has 2 N–H and O–H groups in total. The van der Waals surface area contributed by atoms with Gasteiger partial charge in [0.2, 0.25) is 0 Å². The highest BCUT2D eigenvalue weighted by atomic mass is 16.4. The van der Waals surface area contributed by atoms with E-state index in [1.165, 1.54) is 38.2 Å². The SMILES string of the molecule is O=C(O)c1cncnc1NCCC1CCCC1. The molecule has 0 unspecified atom stereocenters. The van der Waals surface area contributed by atoms with Crippen molar-refractivity contribution in [2.24, 2.45) is 5.92 Å². The summed E-state index contributed by atoms with van der Waals surface area (Å²) in [4.78, 5) is 18.6. The molecule has 17 heavy (non-hydrogen) atoms. The van der Waals surface area contributed by atoms with E-state index >= 15 is 0 Å². The maximum Gasteiger partial charge on any atom is 0.341 e. The number of carbonyl (C=O) groups is 1. The van der Waals surface area contributed by atoms with Crippen LogP contribution in [0, 0.1) is 5.92 Å². The number of anilines is 1. The molecule has 1 aliphatic carbocycles. The Hall–Kier alpha value is -1.65. The van der Waals surface area contributed by atoms with Crippen LogP contribution < -0.4 is 5.32 Å². The van der Waals surface area contributed by atoms with Crippen molar-refractivity contribution in [2.45, 2.75) is 32.1 Å². The van der Waals surface area contributed by atoms with Gasteiger partial charge in [0, 0.05) is 12.7 Å². The van der Waals surface area contributed by atoms with Gasteiger partial charge in [-0.15, -0.1) is 0 Å². The van der Waals surface area contributed by atoms with Crippen LogP contribution in [0.2, 0.25) is 0 Å². The number of nitrogens with one attached hydrogen (secondary N) is 1. The lowest BCUT2D eigenvalue weighted by atomic mass is 10.0. The second-order valence-corrected chi connectivity index (χ2v) is 4.46. The van der Waals surface area contributed by atoms with E-state index in [9.17, 15) is 4.79 Å². The molecule has 0 aliphatic heterocycles. The van der Waals surface area contributed by atoms with Crippen LogP contribution in [0.15, 0.2) is 12.5 Å². The molecule has 1 aliphatic rings. The number of hydrogen-bond donors (Lipinski definition) is 2. The summed E-state index contributed by atoms with van der Waals surface area (Å²) < 4.78 is 0. The van der Waals surface area contributed by atoms with Crippen LogP contribution in [0.5, 0.6) is 0 Å². The fourth-order valence-corrected chi connectivity index (χ4v) is 2.32. The van der Waals surface area contributed by atoms with Crippen molar-refractivity contribution >= 4 is 11.8 Å². The zero-order chi connectivity index (χ0) is 12.1. The smallest absolute Gasteiger partial charge is 0.341 e. The Balaban J connectivity index is 1.87. The van der Waals surface area contributed by atoms with Gasteiger partial charge in [-0.25, -0.2) is 14.8 Å². The van der Waals surface area contributed by atoms with Crippen LogP contribution in [-0.2, 0) is 0 Å². The van der Waals surface area contributed by atoms with Crippen molar-refractivity contribution in [1.29, 1.82) is 0 Å². The number of carboxylic acid groups (broad SMARTS) is 1. The van der Waals surface area contributed by atoms with Gasteiger partial charge in [0.1, 0.15) is 17.7 Å². The van der Waals surface area contributed by atoms with Gasteiger partial charge in [0.25, 0.3) is 0 Å². The Bertz CT molecular complexity index is 389. The van der Waals surface area contributed by atoms with E-state index in [0.29, 0.717) is 5.82 Å². The standard InChI is InChI=1S/C12H17N3O2/c16-12(17)10-7-13-8-15-11(10)14-6-5-9-3-1-2-4-9/h7-9H,1-6H2,(H,16,17)(H,13,14,15). The summed E-state index contributed by atoms with van der Waals surface area (Å²) >= 11 is 0. The molecule has 2 rings (SSSR count). The lowest BCUT2D eigenvalue weighted by Gasteiger charge is -2.11. The van der Waals surface area contributed by atoms with Crippen LogP contribution in [0.4, 0.5) is 5.82 Å². The highest BCUT2D eigenvalue weighted by molar-refractivity contribution is 5.92. The lowest BCUT2D eigenvalue weighted by Crippen LogP contribution is -2.12. The number of aromatic carboxylic acids is 1. The summed E-state index contributed by atoms with van der Waals surface area (Å²) in [6.07, 6.45) is 9.05. The number of carboxylic acids is 1. The summed E-state index contributed by atoms with van der Waals surface area (Å²) in [6, 6.07) is 0. The molecule has 1 aromatic heterocycles. The zero-order valence-corrected chi connectivity index (χ0v) is 9.72. The highest BCUT2D eigenvalue weighted by Gasteiger charge is 2.15. The average Bonchev–Trinajstić information content (AvgIpc) is 2.82. The summed E-state index contributed by atoms with van der Waals surface area (Å²) in [6.45, 7) is 0.780. The number of hydrogen-bond acceptors (Lipinski definition) is 4. The summed E-state index contributed by atoms with van der Waals surface area (Å²) in [5.74, 6) is 0.220. The average molecular weight is 235 g/mol. The van der Waals surface area contributed by atoms with Crippen LogP contribution in [0.25, 0.3) is 0 Å². The maximum atomic E-state index is 10.9. The Labute approximate surface area is 100 Å². The molecule has 92 valence electrons. The van der Waals surface area contributed by atoms with Gasteiger partial charge in [-0.3, -0.25) is 0 Å². The summed E-state index contributed by atoms with van der Waals surface area (Å²) in [5, 5.41) is 12.0. The molecule has 1 fully saturated rings. The first-order valence-corrected chi connectivity index (χ1v) is 6.04. The topological polar surface area (TPSA) is 75.1 Å². The molecule has 5 nitrogen and oxygen atoms in total. The second-order valence-electron chi connectivity index (χ2n) is 4.46. The number of aromatic nitrogens is 2. The zero-order valence-electron chi connectivity index (χ0n) is 9.72. The third-order valence-electron chi connectivity index (χ3n) is 3.26. The molecule has 5 heteroatoms. The van der Waals surface area contributed by atoms with Crippen molar-refractivity contribution in [3.63, 3.8) is 0 Å². The van der Waals surface area contributed by atoms with Crippen LogP contribution in [-0.4, -0.2) is 27.6 Å². The van der Waals surface area contributed by atoms with E-state index in [0.717, 1.165) is 18.9 Å². The Kier molecular flexibility index (Phi) is 3.90. The summed E-state index contributed by atoms with van der Waals surface area (Å²) in [7, 11) is 0. The highest BCUT2D eigenvalue weighted by Crippen LogP contribution is 2.27. The van der Waals surface area contributed by atoms with Crippen molar-refractivity contribution in [3.05, 3.63) is 18.1 Å². The van der Waals surface area contributed by atoms with Gasteiger partial charge in [-0.05, 0) is 12.3 Å². The first-order chi connectivity index (χ1) is 8.27. The van der Waals surface area contributed by atoms with E-state index in [1.807, 2.05) is 0 Å². The van der Waals surface area contributed by atoms with E-state index in [2.05, 4.69) is 15.3 Å². The third kappa shape index (κ3) is 3.15. The number of nitrogens with zero attached hydrogens (tertiary/aromatic N) is 2. The second kappa shape index (κ2) is 5.61. The van der Waals surface area contributed by atoms with Crippen molar-refractivity contribution in [3.8, 4) is 0 Å². The maximum absolute atomic E-state index is 10.9. The lowest BCUT2D eigenvalue weighted by molar-refractivity contribution is 0.0697. The number of rotatable bonds is 5. The van der Waals surface area contributed by atoms with Gasteiger partial charge in [-0.1, -0.05) is 25.7 Å². The van der Waals surface area contributed by atoms with Gasteiger partial charge in [0.15, 0.2) is 0 Å². The van der Waals surface area contributed by atoms with Gasteiger partial charge < -0.3 is 10.4 Å². The molecule has 0 spiro atoms. The molecule has 0 saturated heterocycles. The van der Waals surface area contributed by atoms with E-state index < -0.39 is 5.97 Å².